The molecule has 0 spiro atoms. The Morgan fingerprint density at radius 3 is 2.65 bits per heavy atom. The lowest BCUT2D eigenvalue weighted by molar-refractivity contribution is -0.123. The summed E-state index contributed by atoms with van der Waals surface area (Å²) in [7, 11) is 4.01. The smallest absolute Gasteiger partial charge is 0.136 e. The summed E-state index contributed by atoms with van der Waals surface area (Å²) < 4.78 is 0. The van der Waals surface area contributed by atoms with Gasteiger partial charge in [-0.2, -0.15) is 0 Å². The maximum atomic E-state index is 12.2. The number of Topliss-reactive ketones (excluding diaryl/α,β-unsaturated/α-hetero) is 1. The molecule has 1 aliphatic rings. The van der Waals surface area contributed by atoms with Gasteiger partial charge in [-0.05, 0) is 37.0 Å². The molecule has 0 aliphatic heterocycles. The first-order chi connectivity index (χ1) is 9.58. The maximum absolute atomic E-state index is 12.2. The molecule has 1 fully saturated rings. The number of anilines is 1. The van der Waals surface area contributed by atoms with Gasteiger partial charge in [-0.25, -0.2) is 0 Å². The van der Waals surface area contributed by atoms with Gasteiger partial charge < -0.3 is 4.90 Å². The molecular weight excluding hydrogens is 270 g/mol. The number of hydrogen-bond donors (Lipinski definition) is 0. The quantitative estimate of drug-likeness (QED) is 0.818. The molecule has 1 atom stereocenters. The minimum Gasteiger partial charge on any atom is -0.378 e. The average Bonchev–Trinajstić information content (AvgIpc) is 2.40. The predicted octanol–water partition coefficient (Wildman–Crippen LogP) is 4.49. The molecule has 1 aromatic rings. The van der Waals surface area contributed by atoms with Gasteiger partial charge in [0.05, 0.1) is 0 Å². The van der Waals surface area contributed by atoms with Gasteiger partial charge in [-0.1, -0.05) is 36.9 Å². The largest absolute Gasteiger partial charge is 0.378 e. The second-order valence-corrected chi connectivity index (χ2v) is 6.40. The Labute approximate surface area is 127 Å². The van der Waals surface area contributed by atoms with Crippen LogP contribution in [0.4, 0.5) is 5.69 Å². The fourth-order valence-corrected chi connectivity index (χ4v) is 3.12. The summed E-state index contributed by atoms with van der Waals surface area (Å²) in [6, 6.07) is 6.14. The van der Waals surface area contributed by atoms with E-state index < -0.39 is 0 Å². The van der Waals surface area contributed by atoms with E-state index in [9.17, 15) is 4.79 Å². The van der Waals surface area contributed by atoms with E-state index >= 15 is 0 Å². The number of carbonyl (C=O) groups excluding carboxylic acids is 1. The van der Waals surface area contributed by atoms with E-state index in [1.807, 2.05) is 25.1 Å². The van der Waals surface area contributed by atoms with Crippen LogP contribution in [0.2, 0.25) is 5.02 Å². The third-order valence-electron chi connectivity index (χ3n) is 4.20. The zero-order chi connectivity index (χ0) is 14.5. The van der Waals surface area contributed by atoms with Crippen LogP contribution in [0.15, 0.2) is 18.2 Å². The summed E-state index contributed by atoms with van der Waals surface area (Å²) in [5.41, 5.74) is 2.21. The van der Waals surface area contributed by atoms with Crippen molar-refractivity contribution in [3.8, 4) is 0 Å². The van der Waals surface area contributed by atoms with Crippen molar-refractivity contribution in [2.45, 2.75) is 44.9 Å². The van der Waals surface area contributed by atoms with Crippen LogP contribution < -0.4 is 4.90 Å². The molecule has 1 aromatic carbocycles. The third-order valence-corrected chi connectivity index (χ3v) is 4.55. The van der Waals surface area contributed by atoms with Crippen molar-refractivity contribution in [3.05, 3.63) is 28.8 Å². The zero-order valence-electron chi connectivity index (χ0n) is 12.5. The minimum atomic E-state index is 0.165. The summed E-state index contributed by atoms with van der Waals surface area (Å²) in [6.07, 6.45) is 7.26. The Balaban J connectivity index is 2.09. The number of rotatable bonds is 3. The monoisotopic (exact) mass is 293 g/mol. The van der Waals surface area contributed by atoms with Crippen molar-refractivity contribution in [1.82, 2.24) is 0 Å². The molecule has 0 saturated heterocycles. The minimum absolute atomic E-state index is 0.165. The number of ketones is 1. The highest BCUT2D eigenvalue weighted by molar-refractivity contribution is 6.31. The summed E-state index contributed by atoms with van der Waals surface area (Å²) >= 11 is 6.38. The standard InChI is InChI=1S/C17H24ClNO/c1-19(2)15-10-9-13(16(18)12-15)11-14-7-5-3-4-6-8-17(14)20/h9-10,12,14H,3-8,11H2,1-2H3. The number of halogens is 1. The lowest BCUT2D eigenvalue weighted by Crippen LogP contribution is -2.19. The topological polar surface area (TPSA) is 20.3 Å². The number of benzene rings is 1. The molecule has 1 saturated carbocycles. The molecule has 0 heterocycles. The van der Waals surface area contributed by atoms with E-state index in [0.29, 0.717) is 5.78 Å². The fraction of sp³-hybridized carbons (Fsp3) is 0.588. The number of hydrogen-bond acceptors (Lipinski definition) is 2. The molecule has 2 rings (SSSR count). The van der Waals surface area contributed by atoms with Crippen LogP contribution in [0, 0.1) is 5.92 Å². The first-order valence-electron chi connectivity index (χ1n) is 7.56. The van der Waals surface area contributed by atoms with Gasteiger partial charge in [-0.15, -0.1) is 0 Å². The van der Waals surface area contributed by atoms with Crippen LogP contribution in [-0.4, -0.2) is 19.9 Å². The SMILES string of the molecule is CN(C)c1ccc(CC2CCCCCCC2=O)c(Cl)c1. The lowest BCUT2D eigenvalue weighted by atomic mass is 9.85. The Morgan fingerprint density at radius 1 is 1.20 bits per heavy atom. The molecule has 2 nitrogen and oxygen atoms in total. The molecule has 0 radical (unpaired) electrons. The first kappa shape index (κ1) is 15.4. The summed E-state index contributed by atoms with van der Waals surface area (Å²) in [5.74, 6) is 0.593. The molecule has 1 unspecified atom stereocenters. The van der Waals surface area contributed by atoms with Crippen molar-refractivity contribution >= 4 is 23.1 Å². The molecule has 110 valence electrons. The van der Waals surface area contributed by atoms with E-state index in [-0.39, 0.29) is 5.92 Å². The van der Waals surface area contributed by atoms with Crippen molar-refractivity contribution in [3.63, 3.8) is 0 Å². The highest BCUT2D eigenvalue weighted by atomic mass is 35.5. The van der Waals surface area contributed by atoms with Crippen LogP contribution in [0.3, 0.4) is 0 Å². The number of carbonyl (C=O) groups is 1. The summed E-state index contributed by atoms with van der Waals surface area (Å²) in [5, 5.41) is 0.783. The molecule has 3 heteroatoms. The summed E-state index contributed by atoms with van der Waals surface area (Å²) in [4.78, 5) is 14.2. The molecule has 0 bridgehead atoms. The van der Waals surface area contributed by atoms with Gasteiger partial charge in [0, 0.05) is 37.1 Å². The van der Waals surface area contributed by atoms with Crippen molar-refractivity contribution in [2.75, 3.05) is 19.0 Å². The van der Waals surface area contributed by atoms with E-state index in [0.717, 1.165) is 42.0 Å². The Morgan fingerprint density at radius 2 is 1.95 bits per heavy atom. The first-order valence-corrected chi connectivity index (χ1v) is 7.94. The molecule has 0 aromatic heterocycles. The Bertz CT molecular complexity index is 470. The molecule has 0 N–H and O–H groups in total. The van der Waals surface area contributed by atoms with Gasteiger partial charge in [0.2, 0.25) is 0 Å². The van der Waals surface area contributed by atoms with Crippen LogP contribution >= 0.6 is 11.6 Å². The highest BCUT2D eigenvalue weighted by Gasteiger charge is 2.21. The van der Waals surface area contributed by atoms with Crippen LogP contribution in [0.5, 0.6) is 0 Å². The highest BCUT2D eigenvalue weighted by Crippen LogP contribution is 2.28. The molecule has 20 heavy (non-hydrogen) atoms. The number of nitrogens with zero attached hydrogens (tertiary/aromatic N) is 1. The lowest BCUT2D eigenvalue weighted by Gasteiger charge is -2.20. The second-order valence-electron chi connectivity index (χ2n) is 5.99. The molecule has 1 aliphatic carbocycles. The third kappa shape index (κ3) is 3.99. The maximum Gasteiger partial charge on any atom is 0.136 e. The summed E-state index contributed by atoms with van der Waals surface area (Å²) in [6.45, 7) is 0. The van der Waals surface area contributed by atoms with Gasteiger partial charge >= 0.3 is 0 Å². The second kappa shape index (κ2) is 7.12. The normalized spacial score (nSPS) is 20.4. The van der Waals surface area contributed by atoms with Gasteiger partial charge in [0.1, 0.15) is 5.78 Å². The van der Waals surface area contributed by atoms with Crippen LogP contribution in [0.25, 0.3) is 0 Å². The van der Waals surface area contributed by atoms with Crippen molar-refractivity contribution < 1.29 is 4.79 Å². The van der Waals surface area contributed by atoms with E-state index in [2.05, 4.69) is 12.1 Å². The Hall–Kier alpha value is -1.02. The van der Waals surface area contributed by atoms with Crippen molar-refractivity contribution in [1.29, 1.82) is 0 Å². The van der Waals surface area contributed by atoms with Gasteiger partial charge in [0.15, 0.2) is 0 Å². The zero-order valence-corrected chi connectivity index (χ0v) is 13.2. The molecule has 0 amide bonds. The molecular formula is C17H24ClNO. The van der Waals surface area contributed by atoms with E-state index in [1.165, 1.54) is 19.3 Å². The Kier molecular flexibility index (Phi) is 5.47. The van der Waals surface area contributed by atoms with Gasteiger partial charge in [0.25, 0.3) is 0 Å². The van der Waals surface area contributed by atoms with Gasteiger partial charge in [-0.3, -0.25) is 4.79 Å². The average molecular weight is 294 g/mol. The predicted molar refractivity (Wildman–Crippen MR) is 85.7 cm³/mol. The van der Waals surface area contributed by atoms with Crippen LogP contribution in [0.1, 0.15) is 44.1 Å². The fourth-order valence-electron chi connectivity index (χ4n) is 2.87. The van der Waals surface area contributed by atoms with Crippen LogP contribution in [-0.2, 0) is 11.2 Å². The van der Waals surface area contributed by atoms with E-state index in [1.54, 1.807) is 0 Å². The van der Waals surface area contributed by atoms with Crippen molar-refractivity contribution in [2.24, 2.45) is 5.92 Å². The van der Waals surface area contributed by atoms with E-state index in [4.69, 9.17) is 11.6 Å².